The summed E-state index contributed by atoms with van der Waals surface area (Å²) >= 11 is 0. The van der Waals surface area contributed by atoms with E-state index >= 15 is 0 Å². The summed E-state index contributed by atoms with van der Waals surface area (Å²) in [4.78, 5) is 12.6. The minimum atomic E-state index is -0.210. The molecule has 3 aromatic rings. The van der Waals surface area contributed by atoms with Crippen LogP contribution in [0.2, 0.25) is 0 Å². The quantitative estimate of drug-likeness (QED) is 0.602. The van der Waals surface area contributed by atoms with Gasteiger partial charge in [-0.1, -0.05) is 24.3 Å². The number of benzene rings is 2. The van der Waals surface area contributed by atoms with Crippen LogP contribution in [-0.4, -0.2) is 26.5 Å². The molecule has 0 saturated carbocycles. The number of nitrogens with zero attached hydrogens (tertiary/aromatic N) is 4. The first-order valence-electron chi connectivity index (χ1n) is 8.16. The highest BCUT2D eigenvalue weighted by molar-refractivity contribution is 6.05. The minimum absolute atomic E-state index is 0.189. The Kier molecular flexibility index (Phi) is 5.23. The van der Waals surface area contributed by atoms with Gasteiger partial charge in [-0.3, -0.25) is 4.79 Å². The van der Waals surface area contributed by atoms with Gasteiger partial charge in [0.25, 0.3) is 5.91 Å². The zero-order valence-corrected chi connectivity index (χ0v) is 14.8. The number of aromatic amines is 1. The van der Waals surface area contributed by atoms with Crippen LogP contribution in [0.5, 0.6) is 0 Å². The monoisotopic (exact) mass is 359 g/mol. The Balaban J connectivity index is 1.77. The fourth-order valence-corrected chi connectivity index (χ4v) is 2.53. The van der Waals surface area contributed by atoms with Crippen molar-refractivity contribution in [3.8, 4) is 6.07 Å². The van der Waals surface area contributed by atoms with Crippen molar-refractivity contribution < 1.29 is 4.79 Å². The van der Waals surface area contributed by atoms with Crippen LogP contribution in [0.4, 0.5) is 11.4 Å². The number of rotatable bonds is 5. The Morgan fingerprint density at radius 2 is 1.93 bits per heavy atom. The highest BCUT2D eigenvalue weighted by Crippen LogP contribution is 2.21. The van der Waals surface area contributed by atoms with Crippen molar-refractivity contribution in [1.29, 1.82) is 5.26 Å². The molecule has 3 N–H and O–H groups in total. The maximum absolute atomic E-state index is 12.6. The van der Waals surface area contributed by atoms with E-state index in [9.17, 15) is 10.1 Å². The maximum atomic E-state index is 12.6. The Morgan fingerprint density at radius 3 is 2.59 bits per heavy atom. The Morgan fingerprint density at radius 1 is 1.19 bits per heavy atom. The van der Waals surface area contributed by atoms with E-state index in [1.807, 2.05) is 38.1 Å². The molecule has 0 bridgehead atoms. The second-order valence-corrected chi connectivity index (χ2v) is 5.85. The van der Waals surface area contributed by atoms with Gasteiger partial charge in [0.05, 0.1) is 0 Å². The number of hydrogen-bond acceptors (Lipinski definition) is 6. The van der Waals surface area contributed by atoms with Crippen LogP contribution in [0.1, 0.15) is 27.3 Å². The number of nitrogens with one attached hydrogen (secondary N) is 3. The molecular formula is C19H17N7O. The fourth-order valence-electron chi connectivity index (χ4n) is 2.53. The molecule has 3 rings (SSSR count). The molecule has 0 radical (unpaired) electrons. The normalized spacial score (nSPS) is 10.9. The van der Waals surface area contributed by atoms with E-state index in [0.29, 0.717) is 11.3 Å². The molecule has 0 saturated heterocycles. The first kappa shape index (κ1) is 17.8. The molecule has 0 spiro atoms. The van der Waals surface area contributed by atoms with E-state index in [4.69, 9.17) is 0 Å². The molecule has 2 aromatic carbocycles. The molecule has 27 heavy (non-hydrogen) atoms. The lowest BCUT2D eigenvalue weighted by molar-refractivity contribution is 0.102. The number of H-pyrrole nitrogens is 1. The summed E-state index contributed by atoms with van der Waals surface area (Å²) in [5.41, 5.74) is 4.17. The molecule has 0 aliphatic rings. The van der Waals surface area contributed by atoms with Crippen molar-refractivity contribution in [3.05, 3.63) is 71.2 Å². The smallest absolute Gasteiger partial charge is 0.255 e. The number of carbonyl (C=O) groups is 1. The molecule has 0 aliphatic carbocycles. The molecule has 0 atom stereocenters. The summed E-state index contributed by atoms with van der Waals surface area (Å²) in [7, 11) is 0. The van der Waals surface area contributed by atoms with Gasteiger partial charge in [-0.15, -0.1) is 10.2 Å². The van der Waals surface area contributed by atoms with Crippen molar-refractivity contribution in [2.45, 2.75) is 13.8 Å². The van der Waals surface area contributed by atoms with Gasteiger partial charge in [-0.25, -0.2) is 0 Å². The first-order valence-corrected chi connectivity index (χ1v) is 8.16. The Hall–Kier alpha value is -3.99. The lowest BCUT2D eigenvalue weighted by atomic mass is 10.1. The van der Waals surface area contributed by atoms with E-state index in [-0.39, 0.29) is 17.3 Å². The van der Waals surface area contributed by atoms with Crippen LogP contribution < -0.4 is 10.6 Å². The third-order valence-electron chi connectivity index (χ3n) is 3.93. The third-order valence-corrected chi connectivity index (χ3v) is 3.93. The lowest BCUT2D eigenvalue weighted by Gasteiger charge is -2.12. The van der Waals surface area contributed by atoms with Crippen molar-refractivity contribution in [2.24, 2.45) is 0 Å². The third kappa shape index (κ3) is 4.16. The number of aromatic nitrogens is 4. The predicted octanol–water partition coefficient (Wildman–Crippen LogP) is 3.05. The van der Waals surface area contributed by atoms with Gasteiger partial charge in [0.15, 0.2) is 0 Å². The molecule has 1 heterocycles. The molecule has 1 amide bonds. The molecular weight excluding hydrogens is 342 g/mol. The summed E-state index contributed by atoms with van der Waals surface area (Å²) in [5.74, 6) is -0.0207. The van der Waals surface area contributed by atoms with Crippen LogP contribution in [-0.2, 0) is 0 Å². The van der Waals surface area contributed by atoms with Gasteiger partial charge < -0.3 is 10.6 Å². The van der Waals surface area contributed by atoms with Gasteiger partial charge in [0.2, 0.25) is 5.82 Å². The fraction of sp³-hybridized carbons (Fsp3) is 0.105. The van der Waals surface area contributed by atoms with Gasteiger partial charge in [-0.05, 0) is 48.4 Å². The van der Waals surface area contributed by atoms with Gasteiger partial charge in [0, 0.05) is 23.1 Å². The van der Waals surface area contributed by atoms with Crippen molar-refractivity contribution in [1.82, 2.24) is 20.6 Å². The molecule has 0 unspecified atom stereocenters. The summed E-state index contributed by atoms with van der Waals surface area (Å²) in [5, 5.41) is 28.4. The highest BCUT2D eigenvalue weighted by atomic mass is 16.1. The number of aryl methyl sites for hydroxylation is 2. The lowest BCUT2D eigenvalue weighted by Crippen LogP contribution is -2.14. The number of anilines is 2. The van der Waals surface area contributed by atoms with Crippen molar-refractivity contribution in [2.75, 3.05) is 10.6 Å². The Bertz CT molecular complexity index is 1010. The van der Waals surface area contributed by atoms with Crippen molar-refractivity contribution in [3.63, 3.8) is 0 Å². The maximum Gasteiger partial charge on any atom is 0.255 e. The van der Waals surface area contributed by atoms with E-state index in [1.165, 1.54) is 6.20 Å². The zero-order chi connectivity index (χ0) is 19.2. The Labute approximate surface area is 155 Å². The van der Waals surface area contributed by atoms with Crippen LogP contribution in [0.15, 0.2) is 48.7 Å². The van der Waals surface area contributed by atoms with Crippen molar-refractivity contribution >= 4 is 22.9 Å². The summed E-state index contributed by atoms with van der Waals surface area (Å²) in [6.45, 7) is 3.90. The highest BCUT2D eigenvalue weighted by Gasteiger charge is 2.10. The standard InChI is InChI=1S/C19H17N7O/c1-12-5-3-6-13(2)17(12)22-19(27)14-7-4-8-16(9-14)21-11-15(10-20)18-23-25-26-24-18/h3-9,11,21H,1-2H3,(H,22,27)(H,23,24,25,26). The SMILES string of the molecule is Cc1cccc(C)c1NC(=O)c1cccc(NC=C(C#N)c2nn[nH]n2)c1. The number of nitriles is 1. The second kappa shape index (κ2) is 7.93. The summed E-state index contributed by atoms with van der Waals surface area (Å²) < 4.78 is 0. The van der Waals surface area contributed by atoms with Gasteiger partial charge >= 0.3 is 0 Å². The van der Waals surface area contributed by atoms with Crippen LogP contribution >= 0.6 is 0 Å². The number of hydrogen-bond donors (Lipinski definition) is 3. The molecule has 8 heteroatoms. The van der Waals surface area contributed by atoms with Crippen LogP contribution in [0, 0.1) is 25.2 Å². The topological polar surface area (TPSA) is 119 Å². The molecule has 0 aliphatic heterocycles. The number of para-hydroxylation sites is 1. The minimum Gasteiger partial charge on any atom is -0.360 e. The predicted molar refractivity (Wildman–Crippen MR) is 102 cm³/mol. The van der Waals surface area contributed by atoms with E-state index < -0.39 is 0 Å². The van der Waals surface area contributed by atoms with E-state index in [1.54, 1.807) is 24.3 Å². The molecule has 1 aromatic heterocycles. The molecule has 8 nitrogen and oxygen atoms in total. The molecule has 0 fully saturated rings. The van der Waals surface area contributed by atoms with Gasteiger partial charge in [-0.2, -0.15) is 10.5 Å². The van der Waals surface area contributed by atoms with Crippen LogP contribution in [0.25, 0.3) is 5.57 Å². The number of carbonyl (C=O) groups excluding carboxylic acids is 1. The first-order chi connectivity index (χ1) is 13.1. The summed E-state index contributed by atoms with van der Waals surface area (Å²) in [6, 6.07) is 14.8. The zero-order valence-electron chi connectivity index (χ0n) is 14.8. The van der Waals surface area contributed by atoms with E-state index in [0.717, 1.165) is 16.8 Å². The largest absolute Gasteiger partial charge is 0.360 e. The van der Waals surface area contributed by atoms with E-state index in [2.05, 4.69) is 31.3 Å². The number of tetrazole rings is 1. The summed E-state index contributed by atoms with van der Waals surface area (Å²) in [6.07, 6.45) is 1.47. The van der Waals surface area contributed by atoms with Gasteiger partial charge in [0.1, 0.15) is 11.6 Å². The second-order valence-electron chi connectivity index (χ2n) is 5.85. The number of amides is 1. The average Bonchev–Trinajstić information content (AvgIpc) is 3.20. The molecule has 134 valence electrons. The average molecular weight is 359 g/mol. The number of allylic oxidation sites excluding steroid dienone is 1. The van der Waals surface area contributed by atoms with Crippen LogP contribution in [0.3, 0.4) is 0 Å².